The van der Waals surface area contributed by atoms with Crippen LogP contribution in [0.1, 0.15) is 17.9 Å². The number of benzene rings is 1. The molecule has 0 N–H and O–H groups in total. The minimum atomic E-state index is 0.355. The van der Waals surface area contributed by atoms with Gasteiger partial charge in [0.25, 0.3) is 0 Å². The molecule has 0 saturated heterocycles. The van der Waals surface area contributed by atoms with Gasteiger partial charge in [-0.25, -0.2) is 0 Å². The maximum atomic E-state index is 6.10. The lowest BCUT2D eigenvalue weighted by molar-refractivity contribution is 0.223. The van der Waals surface area contributed by atoms with Gasteiger partial charge >= 0.3 is 0 Å². The van der Waals surface area contributed by atoms with Crippen LogP contribution >= 0.6 is 23.2 Å². The molecule has 1 atom stereocenters. The molecule has 0 saturated carbocycles. The largest absolute Gasteiger partial charge is 0.501 e. The third kappa shape index (κ3) is 2.05. The van der Waals surface area contributed by atoms with Crippen molar-refractivity contribution in [1.29, 1.82) is 0 Å². The SMILES string of the molecule is Clc1ccc(C2C=COCC2)c(Cl)c1. The monoisotopic (exact) mass is 228 g/mol. The molecule has 1 aromatic carbocycles. The summed E-state index contributed by atoms with van der Waals surface area (Å²) >= 11 is 11.9. The molecule has 0 bridgehead atoms. The fraction of sp³-hybridized carbons (Fsp3) is 0.273. The van der Waals surface area contributed by atoms with E-state index >= 15 is 0 Å². The van der Waals surface area contributed by atoms with E-state index in [-0.39, 0.29) is 0 Å². The lowest BCUT2D eigenvalue weighted by Crippen LogP contribution is -2.05. The highest BCUT2D eigenvalue weighted by molar-refractivity contribution is 6.35. The van der Waals surface area contributed by atoms with Gasteiger partial charge in [0.1, 0.15) is 0 Å². The number of halogens is 2. The number of rotatable bonds is 1. The first-order chi connectivity index (χ1) is 6.77. The standard InChI is InChI=1S/C11H10Cl2O/c12-9-1-2-10(11(13)7-9)8-3-5-14-6-4-8/h1-3,5,7-8H,4,6H2. The Morgan fingerprint density at radius 2 is 2.14 bits per heavy atom. The van der Waals surface area contributed by atoms with Crippen molar-refractivity contribution in [2.45, 2.75) is 12.3 Å². The summed E-state index contributed by atoms with van der Waals surface area (Å²) in [5, 5.41) is 1.41. The molecule has 0 radical (unpaired) electrons. The Kier molecular flexibility index (Phi) is 2.99. The van der Waals surface area contributed by atoms with Crippen molar-refractivity contribution in [3.8, 4) is 0 Å². The molecule has 3 heteroatoms. The molecule has 14 heavy (non-hydrogen) atoms. The van der Waals surface area contributed by atoms with E-state index in [4.69, 9.17) is 27.9 Å². The van der Waals surface area contributed by atoms with Crippen LogP contribution in [0.25, 0.3) is 0 Å². The maximum Gasteiger partial charge on any atom is 0.0882 e. The molecule has 1 heterocycles. The highest BCUT2D eigenvalue weighted by atomic mass is 35.5. The van der Waals surface area contributed by atoms with Gasteiger partial charge in [0.15, 0.2) is 0 Å². The molecule has 0 spiro atoms. The zero-order valence-corrected chi connectivity index (χ0v) is 9.05. The first-order valence-electron chi connectivity index (χ1n) is 4.50. The van der Waals surface area contributed by atoms with Crippen LogP contribution in [0, 0.1) is 0 Å². The van der Waals surface area contributed by atoms with E-state index in [1.807, 2.05) is 18.2 Å². The number of ether oxygens (including phenoxy) is 1. The average Bonchev–Trinajstić information content (AvgIpc) is 2.19. The second kappa shape index (κ2) is 4.24. The van der Waals surface area contributed by atoms with Crippen LogP contribution in [-0.4, -0.2) is 6.61 Å². The smallest absolute Gasteiger partial charge is 0.0882 e. The van der Waals surface area contributed by atoms with Crippen molar-refractivity contribution >= 4 is 23.2 Å². The van der Waals surface area contributed by atoms with Crippen molar-refractivity contribution in [3.63, 3.8) is 0 Å². The van der Waals surface area contributed by atoms with E-state index in [2.05, 4.69) is 0 Å². The lowest BCUT2D eigenvalue weighted by Gasteiger charge is -2.18. The Labute approximate surface area is 93.3 Å². The predicted molar refractivity (Wildman–Crippen MR) is 58.9 cm³/mol. The maximum absolute atomic E-state index is 6.10. The molecule has 74 valence electrons. The van der Waals surface area contributed by atoms with Crippen LogP contribution < -0.4 is 0 Å². The third-order valence-corrected chi connectivity index (χ3v) is 2.88. The minimum Gasteiger partial charge on any atom is -0.501 e. The molecule has 1 aromatic rings. The number of hydrogen-bond acceptors (Lipinski definition) is 1. The first kappa shape index (κ1) is 9.88. The quantitative estimate of drug-likeness (QED) is 0.706. The molecule has 1 aliphatic heterocycles. The van der Waals surface area contributed by atoms with E-state index in [1.54, 1.807) is 12.3 Å². The zero-order chi connectivity index (χ0) is 9.97. The molecule has 1 nitrogen and oxygen atoms in total. The molecule has 1 unspecified atom stereocenters. The predicted octanol–water partition coefficient (Wildman–Crippen LogP) is 4.01. The Morgan fingerprint density at radius 3 is 2.79 bits per heavy atom. The van der Waals surface area contributed by atoms with Crippen molar-refractivity contribution < 1.29 is 4.74 Å². The van der Waals surface area contributed by atoms with Gasteiger partial charge in [0, 0.05) is 16.0 Å². The van der Waals surface area contributed by atoms with Gasteiger partial charge in [-0.05, 0) is 30.2 Å². The molecular weight excluding hydrogens is 219 g/mol. The van der Waals surface area contributed by atoms with Crippen LogP contribution in [0.2, 0.25) is 10.0 Å². The Hall–Kier alpha value is -0.660. The van der Waals surface area contributed by atoms with E-state index in [9.17, 15) is 0 Å². The van der Waals surface area contributed by atoms with E-state index < -0.39 is 0 Å². The third-order valence-electron chi connectivity index (χ3n) is 2.32. The molecule has 0 fully saturated rings. The van der Waals surface area contributed by atoms with Crippen molar-refractivity contribution in [1.82, 2.24) is 0 Å². The molecule has 1 aliphatic rings. The van der Waals surface area contributed by atoms with Crippen LogP contribution in [-0.2, 0) is 4.74 Å². The van der Waals surface area contributed by atoms with Gasteiger partial charge < -0.3 is 4.74 Å². The molecule has 2 rings (SSSR count). The number of hydrogen-bond donors (Lipinski definition) is 0. The summed E-state index contributed by atoms with van der Waals surface area (Å²) in [5.41, 5.74) is 1.12. The summed E-state index contributed by atoms with van der Waals surface area (Å²) < 4.78 is 5.14. The van der Waals surface area contributed by atoms with Gasteiger partial charge in [0.2, 0.25) is 0 Å². The fourth-order valence-electron chi connectivity index (χ4n) is 1.57. The van der Waals surface area contributed by atoms with Crippen LogP contribution in [0.4, 0.5) is 0 Å². The Bertz CT molecular complexity index is 360. The van der Waals surface area contributed by atoms with Crippen molar-refractivity contribution in [3.05, 3.63) is 46.1 Å². The molecular formula is C11H10Cl2O. The zero-order valence-electron chi connectivity index (χ0n) is 7.54. The first-order valence-corrected chi connectivity index (χ1v) is 5.26. The van der Waals surface area contributed by atoms with Gasteiger partial charge in [-0.1, -0.05) is 29.3 Å². The highest BCUT2D eigenvalue weighted by Crippen LogP contribution is 2.31. The summed E-state index contributed by atoms with van der Waals surface area (Å²) in [4.78, 5) is 0. The average molecular weight is 229 g/mol. The van der Waals surface area contributed by atoms with Gasteiger partial charge in [-0.2, -0.15) is 0 Å². The summed E-state index contributed by atoms with van der Waals surface area (Å²) in [7, 11) is 0. The molecule has 0 amide bonds. The molecule has 0 aliphatic carbocycles. The highest BCUT2D eigenvalue weighted by Gasteiger charge is 2.14. The van der Waals surface area contributed by atoms with Crippen molar-refractivity contribution in [2.24, 2.45) is 0 Å². The van der Waals surface area contributed by atoms with Crippen molar-refractivity contribution in [2.75, 3.05) is 6.61 Å². The second-order valence-electron chi connectivity index (χ2n) is 3.26. The Morgan fingerprint density at radius 1 is 1.29 bits per heavy atom. The normalized spacial score (nSPS) is 20.6. The van der Waals surface area contributed by atoms with E-state index in [0.29, 0.717) is 10.9 Å². The minimum absolute atomic E-state index is 0.355. The summed E-state index contributed by atoms with van der Waals surface area (Å²) in [6.45, 7) is 0.750. The van der Waals surface area contributed by atoms with Gasteiger partial charge in [-0.3, -0.25) is 0 Å². The van der Waals surface area contributed by atoms with E-state index in [1.165, 1.54) is 0 Å². The van der Waals surface area contributed by atoms with Gasteiger partial charge in [-0.15, -0.1) is 0 Å². The lowest BCUT2D eigenvalue weighted by atomic mass is 9.95. The summed E-state index contributed by atoms with van der Waals surface area (Å²) in [6.07, 6.45) is 4.73. The molecule has 0 aromatic heterocycles. The summed E-state index contributed by atoms with van der Waals surface area (Å²) in [6, 6.07) is 5.62. The summed E-state index contributed by atoms with van der Waals surface area (Å²) in [5.74, 6) is 0.355. The van der Waals surface area contributed by atoms with E-state index in [0.717, 1.165) is 23.6 Å². The topological polar surface area (TPSA) is 9.23 Å². The van der Waals surface area contributed by atoms with Crippen LogP contribution in [0.15, 0.2) is 30.5 Å². The second-order valence-corrected chi connectivity index (χ2v) is 4.10. The number of allylic oxidation sites excluding steroid dienone is 1. The fourth-order valence-corrected chi connectivity index (χ4v) is 2.12. The van der Waals surface area contributed by atoms with Crippen LogP contribution in [0.5, 0.6) is 0 Å². The Balaban J connectivity index is 2.31. The van der Waals surface area contributed by atoms with Gasteiger partial charge in [0.05, 0.1) is 12.9 Å². The van der Waals surface area contributed by atoms with Crippen LogP contribution in [0.3, 0.4) is 0 Å².